The van der Waals surface area contributed by atoms with Crippen LogP contribution in [-0.4, -0.2) is 91.0 Å². The molecule has 326 valence electrons. The van der Waals surface area contributed by atoms with Crippen LogP contribution in [0.1, 0.15) is 85.1 Å². The second-order valence-corrected chi connectivity index (χ2v) is 16.6. The standard InChI is InChI=1S/C47H53N7O5.C2H6.3H2/c1-30-39(28-49-46-44(30)48-20-25-58-46)36-5-4-34-8-14-42(51-40(34)27-36)50-37-9-2-31(3-10-37)26-32-16-21-53(22-17-32)29-33-18-23-54(24-19-33)47(57)35-6-11-38(12-7-35)59-41-13-15-43(55)52-45(41)56;1-2;;;/h2-12,14,27,32-33,41,48-49H,13,15-26,28-29H2,1H3,(H,50,51)(H,52,55,56);1-2H3;3*1H. The lowest BCUT2D eigenvalue weighted by atomic mass is 9.89. The number of carbonyl (C=O) groups is 3. The average molecular weight is 832 g/mol. The van der Waals surface area contributed by atoms with Gasteiger partial charge in [0.15, 0.2) is 6.10 Å². The zero-order valence-corrected chi connectivity index (χ0v) is 35.7. The summed E-state index contributed by atoms with van der Waals surface area (Å²) in [6.07, 6.45) is 5.47. The summed E-state index contributed by atoms with van der Waals surface area (Å²) in [6.45, 7) is 13.3. The number of carbonyl (C=O) groups excluding carboxylic acids is 3. The number of ether oxygens (including phenoxy) is 2. The van der Waals surface area contributed by atoms with Crippen molar-refractivity contribution in [3.8, 4) is 5.75 Å². The maximum absolute atomic E-state index is 13.3. The number of benzene rings is 3. The number of likely N-dealkylation sites (tertiary alicyclic amines) is 2. The van der Waals surface area contributed by atoms with Gasteiger partial charge in [0.2, 0.25) is 11.8 Å². The van der Waals surface area contributed by atoms with Crippen LogP contribution in [0.2, 0.25) is 0 Å². The Balaban J connectivity index is 0.00000152. The predicted octanol–water partition coefficient (Wildman–Crippen LogP) is 7.90. The van der Waals surface area contributed by atoms with E-state index >= 15 is 0 Å². The molecule has 12 heteroatoms. The van der Waals surface area contributed by atoms with Crippen LogP contribution in [0.4, 0.5) is 11.5 Å². The minimum atomic E-state index is -0.692. The third kappa shape index (κ3) is 10.0. The topological polar surface area (TPSA) is 137 Å². The van der Waals surface area contributed by atoms with E-state index in [0.29, 0.717) is 36.2 Å². The lowest BCUT2D eigenvalue weighted by Crippen LogP contribution is -2.46. The maximum Gasteiger partial charge on any atom is 0.267 e. The number of nitrogens with zero attached hydrogens (tertiary/aromatic N) is 3. The van der Waals surface area contributed by atoms with E-state index in [4.69, 9.17) is 14.5 Å². The molecule has 5 aliphatic heterocycles. The summed E-state index contributed by atoms with van der Waals surface area (Å²) in [5, 5.41) is 13.9. The van der Waals surface area contributed by atoms with Crippen molar-refractivity contribution in [2.24, 2.45) is 11.8 Å². The fourth-order valence-electron chi connectivity index (χ4n) is 9.14. The van der Waals surface area contributed by atoms with Gasteiger partial charge in [-0.2, -0.15) is 0 Å². The first-order valence-electron chi connectivity index (χ1n) is 22.3. The minimum absolute atomic E-state index is 0. The highest BCUT2D eigenvalue weighted by atomic mass is 16.5. The quantitative estimate of drug-likeness (QED) is 0.117. The van der Waals surface area contributed by atoms with Gasteiger partial charge < -0.3 is 35.2 Å². The number of piperidine rings is 3. The van der Waals surface area contributed by atoms with Crippen molar-refractivity contribution in [1.29, 1.82) is 0 Å². The first-order chi connectivity index (χ1) is 29.8. The van der Waals surface area contributed by atoms with E-state index in [-0.39, 0.29) is 22.5 Å². The molecule has 6 heterocycles. The number of imide groups is 1. The van der Waals surface area contributed by atoms with Gasteiger partial charge in [0.05, 0.1) is 11.2 Å². The SMILES string of the molecule is CC.CC1=C(c2ccc3ccc(Nc4ccc(CC5CCN(CC6CCN(C(=O)c7ccc(OC8CCC(=O)NC8=O)cc7)CC6)CC5)cc4)nc3c2)CNC2=C1NCCO2.[HH].[HH].[HH]. The smallest absolute Gasteiger partial charge is 0.267 e. The molecule has 1 unspecified atom stereocenters. The first kappa shape index (κ1) is 41.8. The van der Waals surface area contributed by atoms with Gasteiger partial charge in [0.25, 0.3) is 11.8 Å². The van der Waals surface area contributed by atoms with Crippen molar-refractivity contribution in [1.82, 2.24) is 30.7 Å². The van der Waals surface area contributed by atoms with Gasteiger partial charge in [0.1, 0.15) is 18.2 Å². The number of anilines is 2. The molecule has 0 radical (unpaired) electrons. The van der Waals surface area contributed by atoms with Gasteiger partial charge in [-0.25, -0.2) is 4.98 Å². The van der Waals surface area contributed by atoms with E-state index in [1.54, 1.807) is 24.3 Å². The summed E-state index contributed by atoms with van der Waals surface area (Å²) in [5.41, 5.74) is 8.67. The number of hydrogen-bond acceptors (Lipinski definition) is 10. The normalized spacial score (nSPS) is 20.1. The van der Waals surface area contributed by atoms with E-state index in [0.717, 1.165) is 99.1 Å². The molecule has 0 aliphatic carbocycles. The van der Waals surface area contributed by atoms with Gasteiger partial charge in [-0.15, -0.1) is 0 Å². The highest BCUT2D eigenvalue weighted by Crippen LogP contribution is 2.32. The van der Waals surface area contributed by atoms with Crippen molar-refractivity contribution in [2.45, 2.75) is 71.8 Å². The summed E-state index contributed by atoms with van der Waals surface area (Å²) in [5.74, 6) is 2.83. The molecule has 61 heavy (non-hydrogen) atoms. The van der Waals surface area contributed by atoms with Crippen molar-refractivity contribution in [2.75, 3.05) is 57.7 Å². The number of fused-ring (bicyclic) bond motifs is 1. The fraction of sp³-hybridized carbons (Fsp3) is 0.429. The number of amides is 3. The van der Waals surface area contributed by atoms with Crippen LogP contribution in [0, 0.1) is 11.8 Å². The Kier molecular flexibility index (Phi) is 13.2. The maximum atomic E-state index is 13.3. The zero-order chi connectivity index (χ0) is 42.3. The summed E-state index contributed by atoms with van der Waals surface area (Å²) < 4.78 is 11.6. The molecule has 1 aromatic heterocycles. The van der Waals surface area contributed by atoms with Gasteiger partial charge in [0, 0.05) is 66.5 Å². The largest absolute Gasteiger partial charge is 0.481 e. The Morgan fingerprint density at radius 1 is 0.885 bits per heavy atom. The minimum Gasteiger partial charge on any atom is -0.481 e. The number of rotatable bonds is 10. The number of nitrogens with one attached hydrogen (secondary N) is 4. The number of aromatic nitrogens is 1. The molecule has 4 aromatic rings. The van der Waals surface area contributed by atoms with E-state index in [9.17, 15) is 14.4 Å². The van der Waals surface area contributed by atoms with Gasteiger partial charge >= 0.3 is 0 Å². The van der Waals surface area contributed by atoms with Crippen LogP contribution >= 0.6 is 0 Å². The summed E-state index contributed by atoms with van der Waals surface area (Å²) in [6, 6.07) is 26.5. The number of dihydropyridines is 1. The third-order valence-electron chi connectivity index (χ3n) is 12.6. The number of hydrogen-bond donors (Lipinski definition) is 4. The van der Waals surface area contributed by atoms with Crippen molar-refractivity contribution < 1.29 is 28.1 Å². The highest BCUT2D eigenvalue weighted by Gasteiger charge is 2.30. The highest BCUT2D eigenvalue weighted by molar-refractivity contribution is 6.00. The van der Waals surface area contributed by atoms with Crippen LogP contribution in [0.15, 0.2) is 96.0 Å². The van der Waals surface area contributed by atoms with E-state index < -0.39 is 12.0 Å². The van der Waals surface area contributed by atoms with Crippen LogP contribution in [-0.2, 0) is 20.7 Å². The Hall–Kier alpha value is -5.88. The van der Waals surface area contributed by atoms with Crippen LogP contribution in [0.3, 0.4) is 0 Å². The predicted molar refractivity (Wildman–Crippen MR) is 245 cm³/mol. The molecule has 5 aliphatic rings. The molecule has 0 saturated carbocycles. The van der Waals surface area contributed by atoms with Gasteiger partial charge in [-0.3, -0.25) is 19.7 Å². The molecule has 3 aromatic carbocycles. The van der Waals surface area contributed by atoms with Crippen molar-refractivity contribution in [3.05, 3.63) is 113 Å². The second kappa shape index (κ2) is 19.2. The Morgan fingerprint density at radius 3 is 2.38 bits per heavy atom. The monoisotopic (exact) mass is 832 g/mol. The number of allylic oxidation sites excluding steroid dienone is 1. The fourth-order valence-corrected chi connectivity index (χ4v) is 9.14. The van der Waals surface area contributed by atoms with Crippen LogP contribution in [0.25, 0.3) is 16.5 Å². The molecule has 3 saturated heterocycles. The van der Waals surface area contributed by atoms with Crippen molar-refractivity contribution >= 4 is 45.7 Å². The van der Waals surface area contributed by atoms with Crippen molar-refractivity contribution in [3.63, 3.8) is 0 Å². The molecular formula is C49H65N7O5. The molecule has 3 amide bonds. The third-order valence-corrected chi connectivity index (χ3v) is 12.6. The van der Waals surface area contributed by atoms with Crippen LogP contribution < -0.4 is 26.0 Å². The molecule has 3 fully saturated rings. The molecule has 0 spiro atoms. The average Bonchev–Trinajstić information content (AvgIpc) is 3.29. The summed E-state index contributed by atoms with van der Waals surface area (Å²) in [4.78, 5) is 46.3. The first-order valence-corrected chi connectivity index (χ1v) is 22.3. The molecule has 9 rings (SSSR count). The summed E-state index contributed by atoms with van der Waals surface area (Å²) in [7, 11) is 0. The molecule has 0 bridgehead atoms. The van der Waals surface area contributed by atoms with Crippen LogP contribution in [0.5, 0.6) is 5.75 Å². The summed E-state index contributed by atoms with van der Waals surface area (Å²) >= 11 is 0. The lowest BCUT2D eigenvalue weighted by Gasteiger charge is -2.37. The Labute approximate surface area is 363 Å². The Morgan fingerprint density at radius 2 is 1.62 bits per heavy atom. The molecule has 4 N–H and O–H groups in total. The Bertz CT molecular complexity index is 2290. The van der Waals surface area contributed by atoms with Gasteiger partial charge in [-0.05, 0) is 141 Å². The molecule has 12 nitrogen and oxygen atoms in total. The second-order valence-electron chi connectivity index (χ2n) is 16.6. The van der Waals surface area contributed by atoms with E-state index in [1.165, 1.54) is 35.1 Å². The lowest BCUT2D eigenvalue weighted by molar-refractivity contribution is -0.138. The number of pyridine rings is 1. The van der Waals surface area contributed by atoms with E-state index in [2.05, 4.69) is 81.6 Å². The zero-order valence-electron chi connectivity index (χ0n) is 35.7. The molecular weight excluding hydrogens is 767 g/mol. The van der Waals surface area contributed by atoms with E-state index in [1.807, 2.05) is 24.8 Å². The van der Waals surface area contributed by atoms with Gasteiger partial charge in [-0.1, -0.05) is 38.1 Å². The molecule has 1 atom stereocenters.